The number of hydrogen-bond acceptors (Lipinski definition) is 8. The molecule has 3 heterocycles. The Morgan fingerprint density at radius 3 is 2.28 bits per heavy atom. The molecule has 1 atom stereocenters. The molecule has 12 heteroatoms. The maximum absolute atomic E-state index is 13.0. The number of piperazine rings is 1. The minimum absolute atomic E-state index is 0.0427. The molecule has 3 fully saturated rings. The average Bonchev–Trinajstić information content (AvgIpc) is 3.18. The molecule has 0 saturated carbocycles. The van der Waals surface area contributed by atoms with Gasteiger partial charge in [0.2, 0.25) is 5.91 Å². The highest BCUT2D eigenvalue weighted by molar-refractivity contribution is 7.91. The molecule has 0 aliphatic carbocycles. The van der Waals surface area contributed by atoms with E-state index < -0.39 is 20.7 Å². The van der Waals surface area contributed by atoms with Gasteiger partial charge in [0, 0.05) is 50.9 Å². The monoisotopic (exact) mass is 466 g/mol. The molecular formula is C20H26N4O7S. The SMILES string of the molecule is O=C(c1ccc(N2CCOCC2)c([N+](=O)[O-])c1)N1CCN(C(=O)[C@@H]2CCS(=O)(=O)C2)CC1. The lowest BCUT2D eigenvalue weighted by Gasteiger charge is -2.36. The lowest BCUT2D eigenvalue weighted by Crippen LogP contribution is -2.52. The van der Waals surface area contributed by atoms with Gasteiger partial charge in [0.25, 0.3) is 11.6 Å². The molecule has 174 valence electrons. The molecule has 3 aliphatic heterocycles. The first-order chi connectivity index (χ1) is 15.2. The first kappa shape index (κ1) is 22.5. The second-order valence-electron chi connectivity index (χ2n) is 8.28. The number of ether oxygens (including phenoxy) is 1. The number of nitro groups is 1. The van der Waals surface area contributed by atoms with Crippen LogP contribution >= 0.6 is 0 Å². The summed E-state index contributed by atoms with van der Waals surface area (Å²) in [6.07, 6.45) is 0.347. The van der Waals surface area contributed by atoms with Gasteiger partial charge < -0.3 is 19.4 Å². The van der Waals surface area contributed by atoms with Crippen molar-refractivity contribution in [3.8, 4) is 0 Å². The number of hydrogen-bond donors (Lipinski definition) is 0. The smallest absolute Gasteiger partial charge is 0.293 e. The summed E-state index contributed by atoms with van der Waals surface area (Å²) in [4.78, 5) is 41.8. The van der Waals surface area contributed by atoms with Crippen LogP contribution in [0.2, 0.25) is 0 Å². The zero-order valence-electron chi connectivity index (χ0n) is 17.6. The van der Waals surface area contributed by atoms with Crippen LogP contribution in [0.5, 0.6) is 0 Å². The van der Waals surface area contributed by atoms with Crippen LogP contribution in [-0.4, -0.2) is 98.9 Å². The van der Waals surface area contributed by atoms with E-state index in [-0.39, 0.29) is 34.6 Å². The minimum Gasteiger partial charge on any atom is -0.378 e. The summed E-state index contributed by atoms with van der Waals surface area (Å²) >= 11 is 0. The van der Waals surface area contributed by atoms with Crippen molar-refractivity contribution >= 4 is 33.0 Å². The van der Waals surface area contributed by atoms with Crippen molar-refractivity contribution in [2.24, 2.45) is 5.92 Å². The summed E-state index contributed by atoms with van der Waals surface area (Å²) in [6.45, 7) is 3.30. The quantitative estimate of drug-likeness (QED) is 0.453. The second kappa shape index (κ2) is 9.02. The molecule has 0 radical (unpaired) electrons. The van der Waals surface area contributed by atoms with E-state index in [4.69, 9.17) is 4.74 Å². The number of carbonyl (C=O) groups is 2. The Hall–Kier alpha value is -2.73. The number of anilines is 1. The van der Waals surface area contributed by atoms with E-state index in [1.54, 1.807) is 21.9 Å². The van der Waals surface area contributed by atoms with Gasteiger partial charge in [-0.25, -0.2) is 8.42 Å². The number of sulfone groups is 1. The Morgan fingerprint density at radius 2 is 1.69 bits per heavy atom. The minimum atomic E-state index is -3.14. The van der Waals surface area contributed by atoms with Crippen molar-refractivity contribution in [3.63, 3.8) is 0 Å². The maximum atomic E-state index is 13.0. The van der Waals surface area contributed by atoms with E-state index >= 15 is 0 Å². The average molecular weight is 467 g/mol. The van der Waals surface area contributed by atoms with Gasteiger partial charge in [0.15, 0.2) is 9.84 Å². The highest BCUT2D eigenvalue weighted by atomic mass is 32.2. The molecule has 0 unspecified atom stereocenters. The third kappa shape index (κ3) is 4.70. The molecule has 32 heavy (non-hydrogen) atoms. The fourth-order valence-corrected chi connectivity index (χ4v) is 6.17. The highest BCUT2D eigenvalue weighted by Gasteiger charge is 2.37. The summed E-state index contributed by atoms with van der Waals surface area (Å²) in [5, 5.41) is 11.6. The number of nitro benzene ring substituents is 1. The van der Waals surface area contributed by atoms with E-state index in [0.29, 0.717) is 64.6 Å². The third-order valence-corrected chi connectivity index (χ3v) is 8.00. The molecule has 0 bridgehead atoms. The standard InChI is InChI=1S/C20H26N4O7S/c25-19(15-1-2-17(18(13-15)24(27)28)21-8-10-31-11-9-21)22-4-6-23(7-5-22)20(26)16-3-12-32(29,30)14-16/h1-2,13,16H,3-12,14H2/t16-/m1/s1. The van der Waals surface area contributed by atoms with E-state index in [0.717, 1.165) is 0 Å². The number of benzene rings is 1. The molecular weight excluding hydrogens is 440 g/mol. The Balaban J connectivity index is 1.41. The summed E-state index contributed by atoms with van der Waals surface area (Å²) in [5.74, 6) is -1.07. The topological polar surface area (TPSA) is 130 Å². The van der Waals surface area contributed by atoms with Gasteiger partial charge in [-0.1, -0.05) is 0 Å². The van der Waals surface area contributed by atoms with E-state index in [1.807, 2.05) is 4.90 Å². The van der Waals surface area contributed by atoms with Crippen molar-refractivity contribution in [1.82, 2.24) is 9.80 Å². The van der Waals surface area contributed by atoms with Gasteiger partial charge in [-0.3, -0.25) is 19.7 Å². The van der Waals surface area contributed by atoms with Crippen LogP contribution in [0.15, 0.2) is 18.2 Å². The summed E-state index contributed by atoms with van der Waals surface area (Å²) in [6, 6.07) is 4.52. The predicted octanol–water partition coefficient (Wildman–Crippen LogP) is 0.151. The number of rotatable bonds is 4. The molecule has 3 aliphatic rings. The zero-order valence-corrected chi connectivity index (χ0v) is 18.5. The number of amides is 2. The molecule has 1 aromatic carbocycles. The lowest BCUT2D eigenvalue weighted by atomic mass is 10.1. The van der Waals surface area contributed by atoms with Crippen LogP contribution in [-0.2, 0) is 19.4 Å². The first-order valence-corrected chi connectivity index (χ1v) is 12.5. The molecule has 0 aromatic heterocycles. The van der Waals surface area contributed by atoms with E-state index in [1.165, 1.54) is 6.07 Å². The van der Waals surface area contributed by atoms with Gasteiger partial charge in [-0.05, 0) is 18.6 Å². The fourth-order valence-electron chi connectivity index (χ4n) is 4.43. The first-order valence-electron chi connectivity index (χ1n) is 10.6. The summed E-state index contributed by atoms with van der Waals surface area (Å²) < 4.78 is 28.6. The largest absolute Gasteiger partial charge is 0.378 e. The van der Waals surface area contributed by atoms with Crippen LogP contribution < -0.4 is 4.90 Å². The van der Waals surface area contributed by atoms with Gasteiger partial charge in [0.05, 0.1) is 35.6 Å². The van der Waals surface area contributed by atoms with Crippen LogP contribution in [0.4, 0.5) is 11.4 Å². The molecule has 0 N–H and O–H groups in total. The van der Waals surface area contributed by atoms with Crippen molar-refractivity contribution in [2.45, 2.75) is 6.42 Å². The van der Waals surface area contributed by atoms with Gasteiger partial charge in [0.1, 0.15) is 5.69 Å². The molecule has 1 aromatic rings. The Kier molecular flexibility index (Phi) is 6.33. The van der Waals surface area contributed by atoms with Crippen LogP contribution in [0.3, 0.4) is 0 Å². The van der Waals surface area contributed by atoms with Gasteiger partial charge in [-0.15, -0.1) is 0 Å². The van der Waals surface area contributed by atoms with Crippen molar-refractivity contribution in [1.29, 1.82) is 0 Å². The van der Waals surface area contributed by atoms with Crippen LogP contribution in [0.25, 0.3) is 0 Å². The van der Waals surface area contributed by atoms with Crippen molar-refractivity contribution in [2.75, 3.05) is 68.9 Å². The van der Waals surface area contributed by atoms with E-state index in [2.05, 4.69) is 0 Å². The predicted molar refractivity (Wildman–Crippen MR) is 115 cm³/mol. The van der Waals surface area contributed by atoms with Gasteiger partial charge in [-0.2, -0.15) is 0 Å². The zero-order chi connectivity index (χ0) is 22.9. The Morgan fingerprint density at radius 1 is 1.03 bits per heavy atom. The normalized spacial score (nSPS) is 23.2. The number of carbonyl (C=O) groups excluding carboxylic acids is 2. The molecule has 3 saturated heterocycles. The Bertz CT molecular complexity index is 1010. The fraction of sp³-hybridized carbons (Fsp3) is 0.600. The Labute approximate surface area is 186 Å². The number of nitrogens with zero attached hydrogens (tertiary/aromatic N) is 4. The molecule has 2 amide bonds. The second-order valence-corrected chi connectivity index (χ2v) is 10.5. The number of morpholine rings is 1. The van der Waals surface area contributed by atoms with E-state index in [9.17, 15) is 28.1 Å². The molecule has 4 rings (SSSR count). The van der Waals surface area contributed by atoms with Crippen LogP contribution in [0.1, 0.15) is 16.8 Å². The molecule has 11 nitrogen and oxygen atoms in total. The van der Waals surface area contributed by atoms with Crippen molar-refractivity contribution < 1.29 is 27.7 Å². The highest BCUT2D eigenvalue weighted by Crippen LogP contribution is 2.30. The summed E-state index contributed by atoms with van der Waals surface area (Å²) in [7, 11) is -3.14. The third-order valence-electron chi connectivity index (χ3n) is 6.23. The lowest BCUT2D eigenvalue weighted by molar-refractivity contribution is -0.384. The van der Waals surface area contributed by atoms with Gasteiger partial charge >= 0.3 is 0 Å². The summed E-state index contributed by atoms with van der Waals surface area (Å²) in [5.41, 5.74) is 0.584. The van der Waals surface area contributed by atoms with Crippen molar-refractivity contribution in [3.05, 3.63) is 33.9 Å². The maximum Gasteiger partial charge on any atom is 0.293 e. The molecule has 0 spiro atoms. The van der Waals surface area contributed by atoms with Crippen LogP contribution in [0, 0.1) is 16.0 Å².